The minimum atomic E-state index is -4.16. The lowest BCUT2D eigenvalue weighted by Crippen LogP contribution is -2.35. The third-order valence-electron chi connectivity index (χ3n) is 7.24. The maximum atomic E-state index is 12.9. The van der Waals surface area contributed by atoms with Crippen molar-refractivity contribution in [2.45, 2.75) is 44.8 Å². The summed E-state index contributed by atoms with van der Waals surface area (Å²) >= 11 is 0. The van der Waals surface area contributed by atoms with Gasteiger partial charge >= 0.3 is 6.18 Å². The van der Waals surface area contributed by atoms with E-state index >= 15 is 0 Å². The fourth-order valence-corrected chi connectivity index (χ4v) is 5.07. The van der Waals surface area contributed by atoms with E-state index in [1.54, 1.807) is 6.07 Å². The predicted molar refractivity (Wildman–Crippen MR) is 151 cm³/mol. The zero-order valence-electron chi connectivity index (χ0n) is 23.3. The number of halogens is 3. The van der Waals surface area contributed by atoms with E-state index < -0.39 is 29.5 Å². The molecular weight excluding hydrogens is 557 g/mol. The van der Waals surface area contributed by atoms with Gasteiger partial charge in [-0.1, -0.05) is 6.07 Å². The van der Waals surface area contributed by atoms with E-state index in [0.29, 0.717) is 24.5 Å². The first-order chi connectivity index (χ1) is 19.9. The highest BCUT2D eigenvalue weighted by atomic mass is 19.4. The summed E-state index contributed by atoms with van der Waals surface area (Å²) in [5.74, 6) is -0.651. The quantitative estimate of drug-likeness (QED) is 0.277. The minimum Gasteiger partial charge on any atom is -0.495 e. The molecule has 0 aliphatic carbocycles. The zero-order valence-corrected chi connectivity index (χ0v) is 23.3. The molecule has 1 fully saturated rings. The summed E-state index contributed by atoms with van der Waals surface area (Å²) in [5.41, 5.74) is 12.1. The van der Waals surface area contributed by atoms with Crippen molar-refractivity contribution in [3.8, 4) is 5.75 Å². The van der Waals surface area contributed by atoms with Crippen molar-refractivity contribution in [1.29, 1.82) is 0 Å². The van der Waals surface area contributed by atoms with Crippen molar-refractivity contribution < 1.29 is 27.5 Å². The zero-order chi connectivity index (χ0) is 30.6. The van der Waals surface area contributed by atoms with Crippen molar-refractivity contribution in [1.82, 2.24) is 24.8 Å². The summed E-state index contributed by atoms with van der Waals surface area (Å²) in [4.78, 5) is 46.8. The number of anilines is 3. The number of carbonyl (C=O) groups is 2. The summed E-state index contributed by atoms with van der Waals surface area (Å²) in [5, 5.41) is 5.74. The van der Waals surface area contributed by atoms with E-state index in [1.165, 1.54) is 24.8 Å². The van der Waals surface area contributed by atoms with Crippen LogP contribution in [0, 0.1) is 0 Å². The van der Waals surface area contributed by atoms with Crippen LogP contribution in [0.5, 0.6) is 5.75 Å². The van der Waals surface area contributed by atoms with Gasteiger partial charge in [0.1, 0.15) is 17.1 Å². The molecule has 0 saturated carbocycles. The number of nitrogens with zero attached hydrogens (tertiary/aromatic N) is 4. The first-order valence-electron chi connectivity index (χ1n) is 13.3. The van der Waals surface area contributed by atoms with E-state index in [2.05, 4.69) is 20.6 Å². The topological polar surface area (TPSA) is 170 Å². The maximum absolute atomic E-state index is 12.9. The Morgan fingerprint density at radius 2 is 1.90 bits per heavy atom. The number of piperidine rings is 1. The van der Waals surface area contributed by atoms with Crippen molar-refractivity contribution in [3.05, 3.63) is 45.7 Å². The molecule has 15 heteroatoms. The Balaban J connectivity index is 1.57. The second-order valence-corrected chi connectivity index (χ2v) is 10.1. The molecule has 0 spiro atoms. The van der Waals surface area contributed by atoms with Gasteiger partial charge in [0.25, 0.3) is 5.91 Å². The summed E-state index contributed by atoms with van der Waals surface area (Å²) in [6.45, 7) is 2.78. The molecule has 6 N–H and O–H groups in total. The highest BCUT2D eigenvalue weighted by Crippen LogP contribution is 2.35. The minimum absolute atomic E-state index is 0.00469. The second kappa shape index (κ2) is 12.6. The van der Waals surface area contributed by atoms with Crippen LogP contribution in [0.2, 0.25) is 0 Å². The summed E-state index contributed by atoms with van der Waals surface area (Å²) < 4.78 is 44.7. The Hall–Kier alpha value is -4.40. The molecule has 4 rings (SSSR count). The predicted octanol–water partition coefficient (Wildman–Crippen LogP) is 2.49. The molecule has 2 amide bonds. The van der Waals surface area contributed by atoms with Gasteiger partial charge in [-0.3, -0.25) is 14.4 Å². The van der Waals surface area contributed by atoms with E-state index in [-0.39, 0.29) is 54.3 Å². The van der Waals surface area contributed by atoms with E-state index in [0.717, 1.165) is 18.4 Å². The second-order valence-electron chi connectivity index (χ2n) is 10.1. The van der Waals surface area contributed by atoms with Crippen molar-refractivity contribution in [3.63, 3.8) is 0 Å². The lowest BCUT2D eigenvalue weighted by atomic mass is 9.89. The number of hydrogen-bond donors (Lipinski definition) is 4. The van der Waals surface area contributed by atoms with Gasteiger partial charge < -0.3 is 36.3 Å². The van der Waals surface area contributed by atoms with E-state index in [4.69, 9.17) is 16.2 Å². The Morgan fingerprint density at radius 1 is 1.19 bits per heavy atom. The van der Waals surface area contributed by atoms with Crippen molar-refractivity contribution in [2.24, 2.45) is 5.73 Å². The number of aromatic nitrogens is 3. The fourth-order valence-electron chi connectivity index (χ4n) is 5.07. The number of nitrogens with one attached hydrogen (secondary N) is 2. The van der Waals surface area contributed by atoms with Crippen LogP contribution in [-0.4, -0.2) is 70.7 Å². The van der Waals surface area contributed by atoms with Crippen LogP contribution in [0.1, 0.15) is 48.0 Å². The van der Waals surface area contributed by atoms with Gasteiger partial charge in [-0.15, -0.1) is 0 Å². The van der Waals surface area contributed by atoms with Gasteiger partial charge in [-0.2, -0.15) is 18.2 Å². The number of hydrogen-bond acceptors (Lipinski definition) is 9. The molecule has 12 nitrogen and oxygen atoms in total. The van der Waals surface area contributed by atoms with Gasteiger partial charge in [-0.25, -0.2) is 4.98 Å². The Labute approximate surface area is 239 Å². The Bertz CT molecular complexity index is 1530. The summed E-state index contributed by atoms with van der Waals surface area (Å²) in [7, 11) is 1.51. The van der Waals surface area contributed by atoms with Crippen LogP contribution >= 0.6 is 0 Å². The molecular formula is C27H33F3N8O4. The number of rotatable bonds is 10. The van der Waals surface area contributed by atoms with Crippen LogP contribution in [0.4, 0.5) is 30.6 Å². The highest BCUT2D eigenvalue weighted by Gasteiger charge is 2.29. The number of benzene rings is 1. The third kappa shape index (κ3) is 7.08. The molecule has 1 saturated heterocycles. The van der Waals surface area contributed by atoms with Gasteiger partial charge in [0.05, 0.1) is 24.6 Å². The van der Waals surface area contributed by atoms with Crippen LogP contribution in [0.15, 0.2) is 29.2 Å². The molecule has 0 bridgehead atoms. The maximum Gasteiger partial charge on any atom is 0.390 e. The van der Waals surface area contributed by atoms with Crippen molar-refractivity contribution >= 4 is 40.3 Å². The number of fused-ring (bicyclic) bond motifs is 1. The average Bonchev–Trinajstić information content (AvgIpc) is 2.93. The molecule has 3 heterocycles. The first kappa shape index (κ1) is 30.6. The van der Waals surface area contributed by atoms with Gasteiger partial charge in [0, 0.05) is 32.8 Å². The molecule has 0 atom stereocenters. The Morgan fingerprint density at radius 3 is 2.52 bits per heavy atom. The number of pyridine rings is 1. The monoisotopic (exact) mass is 590 g/mol. The number of nitrogen functional groups attached to an aromatic ring is 1. The number of alkyl halides is 3. The molecule has 1 aliphatic rings. The lowest BCUT2D eigenvalue weighted by molar-refractivity contribution is -0.138. The van der Waals surface area contributed by atoms with Crippen molar-refractivity contribution in [2.75, 3.05) is 44.3 Å². The molecule has 0 radical (unpaired) electrons. The van der Waals surface area contributed by atoms with Crippen LogP contribution in [0.25, 0.3) is 11.0 Å². The molecule has 226 valence electrons. The third-order valence-corrected chi connectivity index (χ3v) is 7.24. The van der Waals surface area contributed by atoms with Crippen LogP contribution in [-0.2, 0) is 11.3 Å². The van der Waals surface area contributed by atoms with Gasteiger partial charge in [0.15, 0.2) is 5.65 Å². The largest absolute Gasteiger partial charge is 0.495 e. The SMILES string of the molecule is COc1cc(C2CCN(CCC(F)(F)F)CC2)ccc1Nc1ncc2c(=O)c(C(N)=O)c(N)n(CCNC(C)=O)c2n1. The van der Waals surface area contributed by atoms with Gasteiger partial charge in [-0.05, 0) is 49.5 Å². The highest BCUT2D eigenvalue weighted by molar-refractivity contribution is 6.00. The number of methoxy groups -OCH3 is 1. The number of carbonyl (C=O) groups excluding carboxylic acids is 2. The summed E-state index contributed by atoms with van der Waals surface area (Å²) in [6.07, 6.45) is -2.25. The lowest BCUT2D eigenvalue weighted by Gasteiger charge is -2.32. The molecule has 0 unspecified atom stereocenters. The number of primary amides is 1. The molecule has 1 aromatic carbocycles. The van der Waals surface area contributed by atoms with Crippen LogP contribution < -0.4 is 32.3 Å². The number of ether oxygens (including phenoxy) is 1. The number of amides is 2. The fraction of sp³-hybridized carbons (Fsp3) is 0.444. The summed E-state index contributed by atoms with van der Waals surface area (Å²) in [6, 6.07) is 5.59. The number of nitrogens with two attached hydrogens (primary N) is 2. The molecule has 3 aromatic rings. The first-order valence-corrected chi connectivity index (χ1v) is 13.3. The average molecular weight is 591 g/mol. The smallest absolute Gasteiger partial charge is 0.390 e. The Kier molecular flexibility index (Phi) is 9.19. The molecule has 42 heavy (non-hydrogen) atoms. The number of likely N-dealkylation sites (tertiary alicyclic amines) is 1. The van der Waals surface area contributed by atoms with Gasteiger partial charge in [0.2, 0.25) is 17.3 Å². The van der Waals surface area contributed by atoms with Crippen LogP contribution in [0.3, 0.4) is 0 Å². The standard InChI is InChI=1S/C27H33F3N8O4/c1-15(39)33-8-12-38-23(31)21(24(32)41)22(40)18-14-34-26(36-25(18)38)35-19-4-3-17(13-20(19)42-2)16-5-9-37(10-6-16)11-7-27(28,29)30/h3-4,13-14,16H,5-12,31H2,1-2H3,(H2,32,41)(H,33,39)(H,34,35,36). The normalized spacial score (nSPS) is 14.6. The van der Waals surface area contributed by atoms with E-state index in [1.807, 2.05) is 17.0 Å². The molecule has 2 aromatic heterocycles. The molecule has 1 aliphatic heterocycles. The van der Waals surface area contributed by atoms with E-state index in [9.17, 15) is 27.6 Å².